The van der Waals surface area contributed by atoms with Crippen LogP contribution in [0, 0.1) is 136 Å². The molecule has 2 saturated carbocycles. The van der Waals surface area contributed by atoms with E-state index in [1.165, 1.54) is 102 Å². The number of rotatable bonds is 30. The van der Waals surface area contributed by atoms with E-state index >= 15 is 0 Å². The Morgan fingerprint density at radius 1 is 0.280 bits per heavy atom. The monoisotopic (exact) mass is 2040 g/mol. The zero-order valence-electron chi connectivity index (χ0n) is 111. The number of Topliss-reactive ketones (excluding diaryl/α,β-unsaturated/α-hetero) is 6. The molecule has 2 atom stereocenters. The Morgan fingerprint density at radius 2 is 0.573 bits per heavy atom. The van der Waals surface area contributed by atoms with Crippen LogP contribution >= 0.6 is 11.8 Å². The van der Waals surface area contributed by atoms with Crippen LogP contribution in [0.1, 0.15) is 617 Å². The van der Waals surface area contributed by atoms with Crippen LogP contribution in [-0.2, 0) is 38.2 Å². The molecule has 0 heterocycles. The summed E-state index contributed by atoms with van der Waals surface area (Å²) in [5, 5.41) is 0. The topological polar surface area (TPSA) is 124 Å². The third-order valence-corrected chi connectivity index (χ3v) is 24.8. The number of ketones is 6. The first kappa shape index (κ1) is 159. The lowest BCUT2D eigenvalue weighted by Crippen LogP contribution is -2.37. The number of carbonyl (C=O) groups is 6. The van der Waals surface area contributed by atoms with Gasteiger partial charge in [-0.25, -0.2) is 0 Å². The number of thioether (sulfide) groups is 1. The SMILES string of the molecule is CC(C)(C)C(=O)CCC(=O)C(C)(C)C.CC(C)(C)C/C=C/CC(C)(C)C.CC(C)(C)CC(=O)C(C)(C)C.CC(C)(C)CC(C)(C)C.CC(C)(C)CC1(CC(C)(C)C)CCC1.CC(C)(C)CC1CCC1CC(C)(C)C.CC(C)(C)CCC(=O)CCOCCC(=O)C(C)(C)C.CC(C)(C)CCCC(=O)CCC(C)(C)C.CC(C)(C)CCOCC(C)(C)C.CC(C)(C)CSCC(C)(C)C.CN(CC(C)(C)C)CC(C)(C)C. The fourth-order valence-corrected chi connectivity index (χ4v) is 17.6. The van der Waals surface area contributed by atoms with Gasteiger partial charge in [-0.15, -0.1) is 0 Å². The van der Waals surface area contributed by atoms with Gasteiger partial charge < -0.3 is 14.4 Å². The summed E-state index contributed by atoms with van der Waals surface area (Å²) in [6.45, 7) is 151. The largest absolute Gasteiger partial charge is 0.381 e. The minimum Gasteiger partial charge on any atom is -0.381 e. The minimum atomic E-state index is -0.321. The van der Waals surface area contributed by atoms with E-state index < -0.39 is 0 Å². The Hall–Kier alpha value is -2.01. The van der Waals surface area contributed by atoms with Crippen molar-refractivity contribution in [3.8, 4) is 0 Å². The van der Waals surface area contributed by atoms with Gasteiger partial charge in [0.05, 0.1) is 19.8 Å². The zero-order valence-corrected chi connectivity index (χ0v) is 112. The van der Waals surface area contributed by atoms with Crippen LogP contribution in [0.4, 0.5) is 0 Å². The Kier molecular flexibility index (Phi) is 74.2. The van der Waals surface area contributed by atoms with E-state index in [1.807, 2.05) is 83.1 Å². The average Bonchev–Trinajstić information content (AvgIpc) is 0.789. The van der Waals surface area contributed by atoms with E-state index in [0.29, 0.717) is 155 Å². The summed E-state index contributed by atoms with van der Waals surface area (Å²) in [6.07, 6.45) is 31.1. The number of allylic oxidation sites excluding steroid dienone is 2. The molecule has 0 saturated heterocycles. The highest BCUT2D eigenvalue weighted by Gasteiger charge is 2.43. The summed E-state index contributed by atoms with van der Waals surface area (Å²) in [5.74, 6) is 6.14. The predicted octanol–water partition coefficient (Wildman–Crippen LogP) is 42.5. The van der Waals surface area contributed by atoms with Crippen molar-refractivity contribution in [1.82, 2.24) is 4.90 Å². The van der Waals surface area contributed by atoms with Gasteiger partial charge in [-0.2, -0.15) is 11.8 Å². The Bertz CT molecular complexity index is 3170. The maximum Gasteiger partial charge on any atom is 0.140 e. The highest BCUT2D eigenvalue weighted by atomic mass is 32.2. The summed E-state index contributed by atoms with van der Waals surface area (Å²) in [4.78, 5) is 71.8. The van der Waals surface area contributed by atoms with Crippen molar-refractivity contribution in [3.05, 3.63) is 12.2 Å². The van der Waals surface area contributed by atoms with Crippen LogP contribution in [0.25, 0.3) is 0 Å². The van der Waals surface area contributed by atoms with E-state index in [-0.39, 0.29) is 55.6 Å². The first-order valence-electron chi connectivity index (χ1n) is 57.3. The van der Waals surface area contributed by atoms with Crippen molar-refractivity contribution in [2.75, 3.05) is 58.1 Å². The smallest absolute Gasteiger partial charge is 0.140 e. The van der Waals surface area contributed by atoms with Crippen molar-refractivity contribution in [1.29, 1.82) is 0 Å². The lowest BCUT2D eigenvalue weighted by molar-refractivity contribution is -0.131. The van der Waals surface area contributed by atoms with Crippen molar-refractivity contribution in [3.63, 3.8) is 0 Å². The Morgan fingerprint density at radius 3 is 0.783 bits per heavy atom. The van der Waals surface area contributed by atoms with Gasteiger partial charge in [-0.3, -0.25) is 28.8 Å². The van der Waals surface area contributed by atoms with Gasteiger partial charge in [0.1, 0.15) is 34.7 Å². The fourth-order valence-electron chi connectivity index (χ4n) is 16.3. The third kappa shape index (κ3) is 136. The summed E-state index contributed by atoms with van der Waals surface area (Å²) in [6, 6.07) is 0. The molecule has 0 N–H and O–H groups in total. The van der Waals surface area contributed by atoms with Crippen LogP contribution in [-0.4, -0.2) is 97.7 Å². The van der Waals surface area contributed by atoms with Crippen LogP contribution < -0.4 is 0 Å². The van der Waals surface area contributed by atoms with Crippen LogP contribution in [0.3, 0.4) is 0 Å². The van der Waals surface area contributed by atoms with Gasteiger partial charge in [0, 0.05) is 92.7 Å². The number of hydrogen-bond donors (Lipinski definition) is 0. The molecule has 0 aromatic heterocycles. The van der Waals surface area contributed by atoms with E-state index in [9.17, 15) is 28.8 Å². The molecule has 0 spiro atoms. The average molecular weight is 2040 g/mol. The van der Waals surface area contributed by atoms with Gasteiger partial charge in [0.15, 0.2) is 0 Å². The summed E-state index contributed by atoms with van der Waals surface area (Å²) in [5.41, 5.74) is 6.98. The molecule has 2 fully saturated rings. The van der Waals surface area contributed by atoms with Gasteiger partial charge in [0.2, 0.25) is 0 Å². The molecule has 2 aliphatic rings. The lowest BCUT2D eigenvalue weighted by atomic mass is 9.56. The zero-order chi connectivity index (χ0) is 117. The lowest BCUT2D eigenvalue weighted by Gasteiger charge is -2.49. The molecule has 862 valence electrons. The molecule has 0 bridgehead atoms. The second-order valence-electron chi connectivity index (χ2n) is 70.2. The first-order chi connectivity index (χ1) is 62.0. The molecule has 2 rings (SSSR count). The van der Waals surface area contributed by atoms with E-state index in [4.69, 9.17) is 9.47 Å². The van der Waals surface area contributed by atoms with E-state index in [2.05, 4.69) is 410 Å². The van der Waals surface area contributed by atoms with Crippen molar-refractivity contribution < 1.29 is 38.2 Å². The van der Waals surface area contributed by atoms with Crippen LogP contribution in [0.2, 0.25) is 0 Å². The minimum absolute atomic E-state index is 0.129. The molecular formula is C133H271NO8S. The maximum absolute atomic E-state index is 11.6. The molecule has 0 radical (unpaired) electrons. The molecule has 2 unspecified atom stereocenters. The highest BCUT2D eigenvalue weighted by molar-refractivity contribution is 7.99. The highest BCUT2D eigenvalue weighted by Crippen LogP contribution is 2.55. The van der Waals surface area contributed by atoms with E-state index in [0.717, 1.165) is 70.0 Å². The second kappa shape index (κ2) is 66.9. The number of ether oxygens (including phenoxy) is 2. The molecular weight excluding hydrogens is 1770 g/mol. The molecule has 143 heavy (non-hydrogen) atoms. The van der Waals surface area contributed by atoms with E-state index in [1.54, 1.807) is 0 Å². The molecule has 2 aliphatic carbocycles. The summed E-state index contributed by atoms with van der Waals surface area (Å²) < 4.78 is 10.9. The van der Waals surface area contributed by atoms with Crippen LogP contribution in [0.5, 0.6) is 0 Å². The molecule has 0 aromatic carbocycles. The fraction of sp³-hybridized carbons (Fsp3) is 0.940. The quantitative estimate of drug-likeness (QED) is 0.0507. The molecule has 0 amide bonds. The van der Waals surface area contributed by atoms with Crippen molar-refractivity contribution in [2.24, 2.45) is 136 Å². The second-order valence-corrected chi connectivity index (χ2v) is 71.2. The predicted molar refractivity (Wildman–Crippen MR) is 648 cm³/mol. The molecule has 0 aliphatic heterocycles. The maximum atomic E-state index is 11.6. The van der Waals surface area contributed by atoms with Gasteiger partial charge in [0.25, 0.3) is 0 Å². The normalized spacial score (nSPS) is 15.7. The van der Waals surface area contributed by atoms with Crippen LogP contribution in [0.15, 0.2) is 12.2 Å². The number of nitrogens with zero attached hydrogens (tertiary/aromatic N) is 1. The first-order valence-corrected chi connectivity index (χ1v) is 58.4. The summed E-state index contributed by atoms with van der Waals surface area (Å²) >= 11 is 2.07. The van der Waals surface area contributed by atoms with Gasteiger partial charge >= 0.3 is 0 Å². The number of hydrogen-bond acceptors (Lipinski definition) is 10. The van der Waals surface area contributed by atoms with Crippen molar-refractivity contribution in [2.45, 2.75) is 617 Å². The molecule has 0 aromatic rings. The van der Waals surface area contributed by atoms with Crippen molar-refractivity contribution >= 4 is 46.5 Å². The summed E-state index contributed by atoms with van der Waals surface area (Å²) in [7, 11) is 2.20. The van der Waals surface area contributed by atoms with Gasteiger partial charge in [-0.05, 0) is 236 Å². The Balaban J connectivity index is -0.000000198. The number of carbonyl (C=O) groups excluding carboxylic acids is 6. The Labute approximate surface area is 907 Å². The van der Waals surface area contributed by atoms with Gasteiger partial charge in [-0.1, -0.05) is 476 Å². The molecule has 10 heteroatoms. The standard InChI is InChI=1S/C16H30O3.C14H28O.2C14H28.C12H22O2.C12H24.C11H25N.C11H24O.C10H20O.C10H22S.C9H20/c1-15(2,3)10-7-13(17)8-11-19-12-9-14(18)16(4,5)6;1-13(2,3)10-7-8-12(15)9-11-14(4,5)6;1-13(2,3)9-11-7-8-12(11)10-14(4,5)6;1-12(2,3)10-14(8-7-9-14)11-13(4,5)6;1-11(2,3)9(13)7-8-10(14)12(4,5)6;1-11(2,3)9-7-8-10-12(4,5)6;1-10(2,3)8-12(7)9-11(4,5)6;1-10(2,3)7-8-12-9-11(4,5)6;1-9(2,3)7-8(11)10(4,5)6;1-9(2,3)7-11-8-10(4,5)6;1-8(2,3)7-9(4,5)6/h7-12H2,1-6H3;7-11H2,1-6H3;11-12H,7-10H2,1-6H3;7-11H2,1-6H3;7-8H2,1-6H3;7-8H,9-10H2,1-6H3;8-9H2,1-7H3;7-9H2,1-6H3;7H2,1-6H3;7-8H2,1-6H3;7H2,1-6H3/b;;;;;8-7+;;;;;. The molecule has 9 nitrogen and oxygen atoms in total. The third-order valence-electron chi connectivity index (χ3n) is 22.6.